The topological polar surface area (TPSA) is 39.2 Å². The number of aliphatic hydroxyl groups excluding tert-OH is 1. The highest BCUT2D eigenvalue weighted by molar-refractivity contribution is 5.58. The van der Waals surface area contributed by atoms with Crippen molar-refractivity contribution in [3.63, 3.8) is 0 Å². The maximum atomic E-state index is 15.0. The SMILES string of the molecule is CN(C)C1CCN(c2ccc(N(C)C(O)c3cccc(Oc4ccccc4)c3)cc2F)C1. The molecule has 0 spiro atoms. The van der Waals surface area contributed by atoms with Gasteiger partial charge in [0.1, 0.15) is 17.3 Å². The average molecular weight is 436 g/mol. The molecule has 3 aromatic rings. The summed E-state index contributed by atoms with van der Waals surface area (Å²) in [6, 6.07) is 22.4. The van der Waals surface area contributed by atoms with Gasteiger partial charge in [-0.2, -0.15) is 0 Å². The summed E-state index contributed by atoms with van der Waals surface area (Å²) in [6.45, 7) is 1.65. The van der Waals surface area contributed by atoms with Gasteiger partial charge in [0.25, 0.3) is 0 Å². The van der Waals surface area contributed by atoms with Crippen LogP contribution in [0, 0.1) is 5.82 Å². The Bertz CT molecular complexity index is 1040. The first kappa shape index (κ1) is 22.1. The van der Waals surface area contributed by atoms with Gasteiger partial charge in [-0.3, -0.25) is 0 Å². The van der Waals surface area contributed by atoms with Crippen LogP contribution in [0.1, 0.15) is 18.2 Å². The third kappa shape index (κ3) is 4.87. The number of aliphatic hydroxyl groups is 1. The molecule has 168 valence electrons. The van der Waals surface area contributed by atoms with Crippen molar-refractivity contribution in [2.45, 2.75) is 18.7 Å². The Kier molecular flexibility index (Phi) is 6.63. The molecule has 0 radical (unpaired) electrons. The fraction of sp³-hybridized carbons (Fsp3) is 0.308. The third-order valence-electron chi connectivity index (χ3n) is 6.07. The minimum atomic E-state index is -0.940. The summed E-state index contributed by atoms with van der Waals surface area (Å²) in [4.78, 5) is 5.93. The molecule has 4 rings (SSSR count). The fourth-order valence-electron chi connectivity index (χ4n) is 4.08. The Hall–Kier alpha value is -3.09. The molecule has 32 heavy (non-hydrogen) atoms. The van der Waals surface area contributed by atoms with E-state index in [2.05, 4.69) is 23.9 Å². The van der Waals surface area contributed by atoms with Crippen LogP contribution in [-0.2, 0) is 0 Å². The molecule has 2 unspecified atom stereocenters. The molecule has 6 heteroatoms. The predicted molar refractivity (Wildman–Crippen MR) is 127 cm³/mol. The van der Waals surface area contributed by atoms with Crippen LogP contribution in [0.4, 0.5) is 15.8 Å². The molecule has 1 aliphatic heterocycles. The van der Waals surface area contributed by atoms with Crippen LogP contribution in [0.15, 0.2) is 72.8 Å². The van der Waals surface area contributed by atoms with E-state index in [1.807, 2.05) is 54.6 Å². The van der Waals surface area contributed by atoms with Crippen LogP contribution in [-0.4, -0.2) is 50.3 Å². The van der Waals surface area contributed by atoms with E-state index in [-0.39, 0.29) is 5.82 Å². The molecule has 1 N–H and O–H groups in total. The average Bonchev–Trinajstić information content (AvgIpc) is 3.29. The minimum Gasteiger partial charge on any atom is -0.457 e. The second kappa shape index (κ2) is 9.59. The Balaban J connectivity index is 1.48. The van der Waals surface area contributed by atoms with Crippen LogP contribution in [0.25, 0.3) is 0 Å². The summed E-state index contributed by atoms with van der Waals surface area (Å²) in [5.74, 6) is 1.08. The number of rotatable bonds is 7. The van der Waals surface area contributed by atoms with E-state index in [0.717, 1.165) is 25.3 Å². The summed E-state index contributed by atoms with van der Waals surface area (Å²) in [7, 11) is 5.87. The summed E-state index contributed by atoms with van der Waals surface area (Å²) in [5.41, 5.74) is 1.88. The lowest BCUT2D eigenvalue weighted by molar-refractivity contribution is 0.178. The van der Waals surface area contributed by atoms with Gasteiger partial charge < -0.3 is 24.5 Å². The minimum absolute atomic E-state index is 0.276. The molecule has 2 atom stereocenters. The van der Waals surface area contributed by atoms with E-state index < -0.39 is 6.23 Å². The van der Waals surface area contributed by atoms with Crippen molar-refractivity contribution in [2.24, 2.45) is 0 Å². The highest BCUT2D eigenvalue weighted by Crippen LogP contribution is 2.32. The molecule has 0 aromatic heterocycles. The van der Waals surface area contributed by atoms with E-state index in [1.54, 1.807) is 24.1 Å². The first-order chi connectivity index (χ1) is 15.4. The number of hydrogen-bond acceptors (Lipinski definition) is 5. The van der Waals surface area contributed by atoms with Crippen molar-refractivity contribution in [1.29, 1.82) is 0 Å². The molecule has 1 fully saturated rings. The monoisotopic (exact) mass is 435 g/mol. The molecule has 5 nitrogen and oxygen atoms in total. The van der Waals surface area contributed by atoms with Crippen LogP contribution < -0.4 is 14.5 Å². The zero-order valence-electron chi connectivity index (χ0n) is 18.8. The number of halogens is 1. The Morgan fingerprint density at radius 1 is 0.969 bits per heavy atom. The van der Waals surface area contributed by atoms with Gasteiger partial charge in [0.2, 0.25) is 0 Å². The standard InChI is InChI=1S/C26H30FN3O2/c1-28(2)21-14-15-30(18-21)25-13-12-20(17-24(25)27)29(3)26(31)19-8-7-11-23(16-19)32-22-9-5-4-6-10-22/h4-13,16-17,21,26,31H,14-15,18H2,1-3H3. The maximum Gasteiger partial charge on any atom is 0.153 e. The molecule has 0 aliphatic carbocycles. The lowest BCUT2D eigenvalue weighted by atomic mass is 10.1. The van der Waals surface area contributed by atoms with Gasteiger partial charge in [0.15, 0.2) is 6.23 Å². The number of likely N-dealkylation sites (N-methyl/N-ethyl adjacent to an activating group) is 1. The zero-order chi connectivity index (χ0) is 22.7. The molecule has 1 saturated heterocycles. The van der Waals surface area contributed by atoms with E-state index in [1.165, 1.54) is 6.07 Å². The smallest absolute Gasteiger partial charge is 0.153 e. The quantitative estimate of drug-likeness (QED) is 0.535. The second-order valence-electron chi connectivity index (χ2n) is 8.46. The highest BCUT2D eigenvalue weighted by atomic mass is 19.1. The number of hydrogen-bond donors (Lipinski definition) is 1. The molecular weight excluding hydrogens is 405 g/mol. The third-order valence-corrected chi connectivity index (χ3v) is 6.07. The van der Waals surface area contributed by atoms with Crippen molar-refractivity contribution in [3.8, 4) is 11.5 Å². The predicted octanol–water partition coefficient (Wildman–Crippen LogP) is 4.89. The van der Waals surface area contributed by atoms with Gasteiger partial charge in [-0.05, 0) is 63.0 Å². The summed E-state index contributed by atoms with van der Waals surface area (Å²) < 4.78 is 20.9. The van der Waals surface area contributed by atoms with Crippen LogP contribution >= 0.6 is 0 Å². The summed E-state index contributed by atoms with van der Waals surface area (Å²) in [5, 5.41) is 10.9. The molecular formula is C26H30FN3O2. The van der Waals surface area contributed by atoms with Crippen molar-refractivity contribution < 1.29 is 14.2 Å². The van der Waals surface area contributed by atoms with E-state index in [4.69, 9.17) is 4.74 Å². The van der Waals surface area contributed by atoms with Crippen LogP contribution in [0.5, 0.6) is 11.5 Å². The van der Waals surface area contributed by atoms with E-state index in [0.29, 0.717) is 28.7 Å². The van der Waals surface area contributed by atoms with Crippen molar-refractivity contribution in [1.82, 2.24) is 4.90 Å². The normalized spacial score (nSPS) is 16.9. The number of anilines is 2. The Labute approximate surface area is 189 Å². The first-order valence-corrected chi connectivity index (χ1v) is 10.9. The molecule has 1 heterocycles. The fourth-order valence-corrected chi connectivity index (χ4v) is 4.08. The summed E-state index contributed by atoms with van der Waals surface area (Å²) >= 11 is 0. The summed E-state index contributed by atoms with van der Waals surface area (Å²) in [6.07, 6.45) is 0.0817. The van der Waals surface area contributed by atoms with Gasteiger partial charge in [0, 0.05) is 37.4 Å². The molecule has 1 aliphatic rings. The van der Waals surface area contributed by atoms with Gasteiger partial charge in [-0.1, -0.05) is 30.3 Å². The Morgan fingerprint density at radius 3 is 2.41 bits per heavy atom. The van der Waals surface area contributed by atoms with E-state index >= 15 is 0 Å². The van der Waals surface area contributed by atoms with Gasteiger partial charge in [0.05, 0.1) is 5.69 Å². The van der Waals surface area contributed by atoms with Crippen LogP contribution in [0.2, 0.25) is 0 Å². The molecule has 0 bridgehead atoms. The first-order valence-electron chi connectivity index (χ1n) is 10.9. The van der Waals surface area contributed by atoms with Gasteiger partial charge >= 0.3 is 0 Å². The number of benzene rings is 3. The Morgan fingerprint density at radius 2 is 1.72 bits per heavy atom. The largest absolute Gasteiger partial charge is 0.457 e. The lowest BCUT2D eigenvalue weighted by Gasteiger charge is -2.28. The molecule has 0 saturated carbocycles. The lowest BCUT2D eigenvalue weighted by Crippen LogP contribution is -2.31. The number of nitrogens with zero attached hydrogens (tertiary/aromatic N) is 3. The number of para-hydroxylation sites is 1. The van der Waals surface area contributed by atoms with Gasteiger partial charge in [-0.25, -0.2) is 4.39 Å². The highest BCUT2D eigenvalue weighted by Gasteiger charge is 2.26. The zero-order valence-corrected chi connectivity index (χ0v) is 18.8. The van der Waals surface area contributed by atoms with Crippen molar-refractivity contribution in [3.05, 3.63) is 84.2 Å². The van der Waals surface area contributed by atoms with Crippen molar-refractivity contribution in [2.75, 3.05) is 44.0 Å². The van der Waals surface area contributed by atoms with Crippen LogP contribution in [0.3, 0.4) is 0 Å². The maximum absolute atomic E-state index is 15.0. The van der Waals surface area contributed by atoms with Gasteiger partial charge in [-0.15, -0.1) is 0 Å². The van der Waals surface area contributed by atoms with E-state index in [9.17, 15) is 9.50 Å². The van der Waals surface area contributed by atoms with Crippen molar-refractivity contribution >= 4 is 11.4 Å². The molecule has 0 amide bonds. The number of ether oxygens (including phenoxy) is 1. The second-order valence-corrected chi connectivity index (χ2v) is 8.46. The molecule has 3 aromatic carbocycles.